The molecule has 0 heterocycles. The van der Waals surface area contributed by atoms with Gasteiger partial charge < -0.3 is 0 Å². The first kappa shape index (κ1) is 16.6. The number of allylic oxidation sites excluding steroid dienone is 1. The number of halogens is 1. The molecular weight excluding hydrogens is 308 g/mol. The molecule has 2 fully saturated rings. The van der Waals surface area contributed by atoms with E-state index in [1.165, 1.54) is 51.4 Å². The maximum absolute atomic E-state index is 3.62. The fraction of sp³-hybridized carbons (Fsp3) is 0.895. The Kier molecular flexibility index (Phi) is 5.79. The predicted octanol–water partition coefficient (Wildman–Crippen LogP) is 6.94. The summed E-state index contributed by atoms with van der Waals surface area (Å²) in [6, 6.07) is 0. The molecule has 0 spiro atoms. The van der Waals surface area contributed by atoms with Gasteiger partial charge in [-0.1, -0.05) is 68.5 Å². The van der Waals surface area contributed by atoms with E-state index in [0.29, 0.717) is 5.41 Å². The normalized spacial score (nSPS) is 37.4. The Balaban J connectivity index is 1.99. The van der Waals surface area contributed by atoms with Crippen molar-refractivity contribution >= 4 is 15.9 Å². The molecule has 0 aliphatic heterocycles. The highest BCUT2D eigenvalue weighted by Crippen LogP contribution is 2.59. The van der Waals surface area contributed by atoms with Crippen molar-refractivity contribution in [1.29, 1.82) is 0 Å². The largest absolute Gasteiger partial charge is 0.0628 e. The summed E-state index contributed by atoms with van der Waals surface area (Å²) < 4.78 is 0. The molecule has 2 aliphatic rings. The molecule has 0 N–H and O–H groups in total. The van der Waals surface area contributed by atoms with Gasteiger partial charge in [-0.2, -0.15) is 0 Å². The Bertz CT molecular complexity index is 344. The van der Waals surface area contributed by atoms with E-state index in [1.54, 1.807) is 5.57 Å². The minimum Gasteiger partial charge on any atom is -0.0628 e. The molecule has 2 rings (SSSR count). The van der Waals surface area contributed by atoms with Crippen LogP contribution in [0.1, 0.15) is 79.1 Å². The van der Waals surface area contributed by atoms with Crippen molar-refractivity contribution in [2.75, 3.05) is 0 Å². The van der Waals surface area contributed by atoms with Gasteiger partial charge in [0, 0.05) is 0 Å². The monoisotopic (exact) mass is 340 g/mol. The van der Waals surface area contributed by atoms with Crippen LogP contribution in [0.3, 0.4) is 0 Å². The minimum absolute atomic E-state index is 0.592. The molecular formula is C19H33Br. The third kappa shape index (κ3) is 3.34. The summed E-state index contributed by atoms with van der Waals surface area (Å²) >= 11 is 3.62. The van der Waals surface area contributed by atoms with E-state index in [0.717, 1.165) is 23.7 Å². The lowest BCUT2D eigenvalue weighted by Gasteiger charge is -2.44. The number of fused-ring (bicyclic) bond motifs is 1. The highest BCUT2D eigenvalue weighted by molar-refractivity contribution is 9.11. The van der Waals surface area contributed by atoms with Gasteiger partial charge >= 0.3 is 0 Å². The van der Waals surface area contributed by atoms with Gasteiger partial charge in [0.1, 0.15) is 0 Å². The van der Waals surface area contributed by atoms with Gasteiger partial charge in [-0.3, -0.25) is 0 Å². The van der Waals surface area contributed by atoms with Gasteiger partial charge in [-0.05, 0) is 66.2 Å². The van der Waals surface area contributed by atoms with E-state index in [2.05, 4.69) is 48.6 Å². The fourth-order valence-corrected chi connectivity index (χ4v) is 5.74. The molecule has 0 aromatic rings. The minimum atomic E-state index is 0.592. The van der Waals surface area contributed by atoms with E-state index >= 15 is 0 Å². The SMILES string of the molecule is CC(C)CCC[C@@H](C)[C@H]1CCC2/C(=C\Br)CCC[C@@]21C. The topological polar surface area (TPSA) is 0 Å². The molecule has 0 nitrogen and oxygen atoms in total. The zero-order valence-electron chi connectivity index (χ0n) is 13.9. The summed E-state index contributed by atoms with van der Waals surface area (Å²) in [7, 11) is 0. The molecule has 0 saturated heterocycles. The zero-order valence-corrected chi connectivity index (χ0v) is 15.5. The van der Waals surface area contributed by atoms with Crippen LogP contribution in [-0.4, -0.2) is 0 Å². The fourth-order valence-electron chi connectivity index (χ4n) is 5.19. The van der Waals surface area contributed by atoms with Crippen molar-refractivity contribution in [3.63, 3.8) is 0 Å². The Morgan fingerprint density at radius 3 is 2.65 bits per heavy atom. The van der Waals surface area contributed by atoms with Gasteiger partial charge in [-0.25, -0.2) is 0 Å². The summed E-state index contributed by atoms with van der Waals surface area (Å²) in [4.78, 5) is 2.25. The first-order valence-electron chi connectivity index (χ1n) is 8.78. The summed E-state index contributed by atoms with van der Waals surface area (Å²) in [5.41, 5.74) is 2.30. The van der Waals surface area contributed by atoms with Crippen molar-refractivity contribution in [1.82, 2.24) is 0 Å². The maximum Gasteiger partial charge on any atom is -0.0138 e. The van der Waals surface area contributed by atoms with E-state index < -0.39 is 0 Å². The zero-order chi connectivity index (χ0) is 14.8. The van der Waals surface area contributed by atoms with E-state index in [4.69, 9.17) is 0 Å². The highest BCUT2D eigenvalue weighted by Gasteiger charge is 2.50. The molecule has 0 radical (unpaired) electrons. The summed E-state index contributed by atoms with van der Waals surface area (Å²) in [5, 5.41) is 0. The second-order valence-corrected chi connectivity index (χ2v) is 8.54. The van der Waals surface area contributed by atoms with Gasteiger partial charge in [0.05, 0.1) is 0 Å². The average molecular weight is 341 g/mol. The van der Waals surface area contributed by atoms with Crippen molar-refractivity contribution in [3.05, 3.63) is 10.6 Å². The lowest BCUT2D eigenvalue weighted by Crippen LogP contribution is -2.35. The second-order valence-electron chi connectivity index (χ2n) is 8.08. The molecule has 116 valence electrons. The molecule has 4 atom stereocenters. The molecule has 0 aromatic carbocycles. The maximum atomic E-state index is 3.62. The van der Waals surface area contributed by atoms with E-state index in [-0.39, 0.29) is 0 Å². The highest BCUT2D eigenvalue weighted by atomic mass is 79.9. The molecule has 2 saturated carbocycles. The van der Waals surface area contributed by atoms with Crippen molar-refractivity contribution < 1.29 is 0 Å². The quantitative estimate of drug-likeness (QED) is 0.508. The van der Waals surface area contributed by atoms with Gasteiger partial charge in [0.2, 0.25) is 0 Å². The van der Waals surface area contributed by atoms with Crippen LogP contribution in [0.5, 0.6) is 0 Å². The lowest BCUT2D eigenvalue weighted by atomic mass is 9.61. The molecule has 20 heavy (non-hydrogen) atoms. The number of rotatable bonds is 5. The van der Waals surface area contributed by atoms with Crippen LogP contribution in [0.25, 0.3) is 0 Å². The number of hydrogen-bond acceptors (Lipinski definition) is 0. The van der Waals surface area contributed by atoms with Crippen LogP contribution < -0.4 is 0 Å². The first-order valence-corrected chi connectivity index (χ1v) is 9.69. The van der Waals surface area contributed by atoms with Crippen molar-refractivity contribution in [3.8, 4) is 0 Å². The Hall–Kier alpha value is 0.220. The van der Waals surface area contributed by atoms with Crippen LogP contribution in [0.2, 0.25) is 0 Å². The van der Waals surface area contributed by atoms with Crippen LogP contribution in [-0.2, 0) is 0 Å². The van der Waals surface area contributed by atoms with Gasteiger partial charge in [-0.15, -0.1) is 0 Å². The van der Waals surface area contributed by atoms with E-state index in [1.807, 2.05) is 0 Å². The smallest absolute Gasteiger partial charge is 0.0138 e. The molecule has 0 amide bonds. The third-order valence-corrected chi connectivity index (χ3v) is 6.89. The summed E-state index contributed by atoms with van der Waals surface area (Å²) in [6.45, 7) is 9.84. The van der Waals surface area contributed by atoms with Gasteiger partial charge in [0.25, 0.3) is 0 Å². The molecule has 1 heteroatoms. The first-order chi connectivity index (χ1) is 9.49. The van der Waals surface area contributed by atoms with Gasteiger partial charge in [0.15, 0.2) is 0 Å². The lowest BCUT2D eigenvalue weighted by molar-refractivity contribution is 0.0931. The van der Waals surface area contributed by atoms with Crippen molar-refractivity contribution in [2.45, 2.75) is 79.1 Å². The molecule has 0 aromatic heterocycles. The summed E-state index contributed by atoms with van der Waals surface area (Å²) in [6.07, 6.45) is 11.4. The molecule has 2 aliphatic carbocycles. The van der Waals surface area contributed by atoms with Crippen LogP contribution in [0, 0.1) is 29.1 Å². The number of hydrogen-bond donors (Lipinski definition) is 0. The van der Waals surface area contributed by atoms with Crippen LogP contribution >= 0.6 is 15.9 Å². The third-order valence-electron chi connectivity index (χ3n) is 6.31. The predicted molar refractivity (Wildman–Crippen MR) is 93.0 cm³/mol. The Labute approximate surface area is 134 Å². The second kappa shape index (κ2) is 6.99. The molecule has 1 unspecified atom stereocenters. The Morgan fingerprint density at radius 2 is 2.00 bits per heavy atom. The van der Waals surface area contributed by atoms with Crippen LogP contribution in [0.4, 0.5) is 0 Å². The molecule has 0 bridgehead atoms. The van der Waals surface area contributed by atoms with E-state index in [9.17, 15) is 0 Å². The van der Waals surface area contributed by atoms with Crippen molar-refractivity contribution in [2.24, 2.45) is 29.1 Å². The standard InChI is InChI=1S/C19H33Br/c1-14(2)7-5-8-15(3)17-10-11-18-16(13-20)9-6-12-19(17,18)4/h13-15,17-18H,5-12H2,1-4H3/b16-13-/t15-,17-,18?,19-/m1/s1. The van der Waals surface area contributed by atoms with Crippen LogP contribution in [0.15, 0.2) is 10.6 Å². The Morgan fingerprint density at radius 1 is 1.25 bits per heavy atom. The summed E-state index contributed by atoms with van der Waals surface area (Å²) in [5.74, 6) is 3.61. The average Bonchev–Trinajstić information content (AvgIpc) is 2.75.